The lowest BCUT2D eigenvalue weighted by Gasteiger charge is -2.05. The van der Waals surface area contributed by atoms with Crippen molar-refractivity contribution in [2.75, 3.05) is 12.4 Å². The smallest absolute Gasteiger partial charge is 0.315 e. The molecule has 0 aliphatic rings. The van der Waals surface area contributed by atoms with Gasteiger partial charge in [-0.05, 0) is 6.92 Å². The van der Waals surface area contributed by atoms with E-state index in [0.29, 0.717) is 18.8 Å². The Morgan fingerprint density at radius 3 is 2.83 bits per heavy atom. The molecule has 0 bridgehead atoms. The molecule has 0 fully saturated rings. The van der Waals surface area contributed by atoms with Crippen LogP contribution in [0.15, 0.2) is 0 Å². The van der Waals surface area contributed by atoms with Gasteiger partial charge in [-0.1, -0.05) is 6.92 Å². The van der Waals surface area contributed by atoms with E-state index in [1.807, 2.05) is 6.92 Å². The Morgan fingerprint density at radius 2 is 2.33 bits per heavy atom. The van der Waals surface area contributed by atoms with Gasteiger partial charge in [0, 0.05) is 11.7 Å². The second-order valence-electron chi connectivity index (χ2n) is 2.33. The molecule has 0 aliphatic heterocycles. The summed E-state index contributed by atoms with van der Waals surface area (Å²) in [5.74, 6) is 0.128. The maximum absolute atomic E-state index is 10.8. The molecular formula is C8H14O3S. The first-order valence-electron chi connectivity index (χ1n) is 3.91. The molecule has 0 aromatic carbocycles. The van der Waals surface area contributed by atoms with Crippen LogP contribution in [0.2, 0.25) is 0 Å². The van der Waals surface area contributed by atoms with E-state index in [1.54, 1.807) is 6.92 Å². The van der Waals surface area contributed by atoms with Gasteiger partial charge in [0.2, 0.25) is 0 Å². The van der Waals surface area contributed by atoms with Crippen molar-refractivity contribution < 1.29 is 14.3 Å². The van der Waals surface area contributed by atoms with Gasteiger partial charge in [0.05, 0.1) is 12.4 Å². The fourth-order valence-electron chi connectivity index (χ4n) is 0.617. The predicted molar refractivity (Wildman–Crippen MR) is 49.2 cm³/mol. The molecular weight excluding hydrogens is 176 g/mol. The zero-order valence-electron chi connectivity index (χ0n) is 7.41. The van der Waals surface area contributed by atoms with Crippen LogP contribution in [0.5, 0.6) is 0 Å². The zero-order chi connectivity index (χ0) is 9.40. The Bertz CT molecular complexity index is 147. The molecule has 0 aliphatic carbocycles. The number of hydrogen-bond acceptors (Lipinski definition) is 4. The minimum absolute atomic E-state index is 0.201. The average molecular weight is 190 g/mol. The van der Waals surface area contributed by atoms with E-state index in [9.17, 15) is 9.59 Å². The van der Waals surface area contributed by atoms with Crippen LogP contribution in [0.1, 0.15) is 20.3 Å². The summed E-state index contributed by atoms with van der Waals surface area (Å²) in [7, 11) is 0. The average Bonchev–Trinajstić information content (AvgIpc) is 2.02. The van der Waals surface area contributed by atoms with Crippen molar-refractivity contribution in [3.05, 3.63) is 0 Å². The molecule has 0 saturated carbocycles. The molecule has 0 N–H and O–H groups in total. The van der Waals surface area contributed by atoms with Crippen molar-refractivity contribution in [2.24, 2.45) is 0 Å². The molecule has 0 saturated heterocycles. The highest BCUT2D eigenvalue weighted by Crippen LogP contribution is 2.12. The Hall–Kier alpha value is -0.510. The van der Waals surface area contributed by atoms with Crippen LogP contribution in [0, 0.1) is 0 Å². The number of thioether (sulfide) groups is 1. The molecule has 12 heavy (non-hydrogen) atoms. The van der Waals surface area contributed by atoms with Crippen molar-refractivity contribution >= 4 is 24.0 Å². The summed E-state index contributed by atoms with van der Waals surface area (Å²) >= 11 is 1.44. The molecule has 0 radical (unpaired) electrons. The summed E-state index contributed by atoms with van der Waals surface area (Å²) in [5.41, 5.74) is 0. The van der Waals surface area contributed by atoms with Crippen molar-refractivity contribution in [1.82, 2.24) is 0 Å². The summed E-state index contributed by atoms with van der Waals surface area (Å²) in [5, 5.41) is 0.201. The van der Waals surface area contributed by atoms with E-state index in [2.05, 4.69) is 0 Å². The number of esters is 1. The number of aldehydes is 1. The lowest BCUT2D eigenvalue weighted by atomic mass is 10.4. The van der Waals surface area contributed by atoms with Crippen molar-refractivity contribution in [1.29, 1.82) is 0 Å². The molecule has 4 heteroatoms. The number of ether oxygens (including phenoxy) is 1. The van der Waals surface area contributed by atoms with Crippen LogP contribution in [0.25, 0.3) is 0 Å². The molecule has 0 rings (SSSR count). The van der Waals surface area contributed by atoms with Crippen LogP contribution >= 0.6 is 11.8 Å². The van der Waals surface area contributed by atoms with Crippen LogP contribution in [-0.2, 0) is 14.3 Å². The lowest BCUT2D eigenvalue weighted by molar-refractivity contribution is -0.139. The summed E-state index contributed by atoms with van der Waals surface area (Å²) < 4.78 is 4.72. The Labute approximate surface area is 76.9 Å². The molecule has 0 spiro atoms. The standard InChI is InChI=1S/C8H14O3S/c1-3-11-8(10)6-12-7(2)4-5-9/h5,7H,3-4,6H2,1-2H3. The van der Waals surface area contributed by atoms with Gasteiger partial charge >= 0.3 is 5.97 Å². The molecule has 0 heterocycles. The van der Waals surface area contributed by atoms with Gasteiger partial charge in [0.15, 0.2) is 0 Å². The largest absolute Gasteiger partial charge is 0.465 e. The second-order valence-corrected chi connectivity index (χ2v) is 3.76. The Kier molecular flexibility index (Phi) is 6.85. The topological polar surface area (TPSA) is 43.4 Å². The first-order valence-corrected chi connectivity index (χ1v) is 4.96. The zero-order valence-corrected chi connectivity index (χ0v) is 8.23. The van der Waals surface area contributed by atoms with E-state index in [4.69, 9.17) is 4.74 Å². The van der Waals surface area contributed by atoms with Crippen LogP contribution < -0.4 is 0 Å². The minimum atomic E-state index is -0.208. The van der Waals surface area contributed by atoms with Gasteiger partial charge in [-0.15, -0.1) is 11.8 Å². The molecule has 0 aromatic heterocycles. The van der Waals surface area contributed by atoms with Crippen molar-refractivity contribution in [2.45, 2.75) is 25.5 Å². The number of carbonyl (C=O) groups excluding carboxylic acids is 2. The summed E-state index contributed by atoms with van der Waals surface area (Å²) in [6.45, 7) is 4.11. The Morgan fingerprint density at radius 1 is 1.67 bits per heavy atom. The van der Waals surface area contributed by atoms with Crippen LogP contribution in [0.3, 0.4) is 0 Å². The highest BCUT2D eigenvalue weighted by molar-refractivity contribution is 8.00. The van der Waals surface area contributed by atoms with Crippen LogP contribution in [0.4, 0.5) is 0 Å². The summed E-state index contributed by atoms with van der Waals surface area (Å²) in [6.07, 6.45) is 1.35. The molecule has 1 unspecified atom stereocenters. The lowest BCUT2D eigenvalue weighted by Crippen LogP contribution is -2.09. The van der Waals surface area contributed by atoms with Crippen molar-refractivity contribution in [3.8, 4) is 0 Å². The van der Waals surface area contributed by atoms with E-state index in [0.717, 1.165) is 6.29 Å². The van der Waals surface area contributed by atoms with E-state index in [1.165, 1.54) is 11.8 Å². The number of carbonyl (C=O) groups is 2. The maximum atomic E-state index is 10.8. The van der Waals surface area contributed by atoms with Gasteiger partial charge in [-0.25, -0.2) is 0 Å². The second kappa shape index (κ2) is 7.16. The van der Waals surface area contributed by atoms with Gasteiger partial charge in [0.1, 0.15) is 6.29 Å². The third kappa shape index (κ3) is 6.22. The molecule has 3 nitrogen and oxygen atoms in total. The van der Waals surface area contributed by atoms with Crippen molar-refractivity contribution in [3.63, 3.8) is 0 Å². The summed E-state index contributed by atoms with van der Waals surface area (Å²) in [4.78, 5) is 20.9. The van der Waals surface area contributed by atoms with Gasteiger partial charge in [0.25, 0.3) is 0 Å². The monoisotopic (exact) mass is 190 g/mol. The maximum Gasteiger partial charge on any atom is 0.315 e. The molecule has 1 atom stereocenters. The first-order chi connectivity index (χ1) is 5.70. The SMILES string of the molecule is CCOC(=O)CSC(C)CC=O. The quantitative estimate of drug-likeness (QED) is 0.467. The fraction of sp³-hybridized carbons (Fsp3) is 0.750. The van der Waals surface area contributed by atoms with Gasteiger partial charge < -0.3 is 9.53 Å². The molecule has 0 aromatic rings. The third-order valence-electron chi connectivity index (χ3n) is 1.22. The minimum Gasteiger partial charge on any atom is -0.465 e. The van der Waals surface area contributed by atoms with E-state index in [-0.39, 0.29) is 11.2 Å². The fourth-order valence-corrected chi connectivity index (χ4v) is 1.34. The van der Waals surface area contributed by atoms with Gasteiger partial charge in [-0.3, -0.25) is 4.79 Å². The third-order valence-corrected chi connectivity index (χ3v) is 2.38. The highest BCUT2D eigenvalue weighted by atomic mass is 32.2. The number of hydrogen-bond donors (Lipinski definition) is 0. The van der Waals surface area contributed by atoms with E-state index >= 15 is 0 Å². The number of rotatable bonds is 6. The Balaban J connectivity index is 3.39. The molecule has 0 amide bonds. The normalized spacial score (nSPS) is 12.2. The van der Waals surface area contributed by atoms with E-state index < -0.39 is 0 Å². The molecule has 70 valence electrons. The first kappa shape index (κ1) is 11.5. The summed E-state index contributed by atoms with van der Waals surface area (Å²) in [6, 6.07) is 0. The predicted octanol–water partition coefficient (Wildman–Crippen LogP) is 1.26. The highest BCUT2D eigenvalue weighted by Gasteiger charge is 2.06. The van der Waals surface area contributed by atoms with Crippen LogP contribution in [-0.4, -0.2) is 29.9 Å². The van der Waals surface area contributed by atoms with Gasteiger partial charge in [-0.2, -0.15) is 0 Å².